The molecule has 0 fully saturated rings. The van der Waals surface area contributed by atoms with Crippen LogP contribution in [0.3, 0.4) is 0 Å². The van der Waals surface area contributed by atoms with Gasteiger partial charge in [0.15, 0.2) is 0 Å². The van der Waals surface area contributed by atoms with Crippen molar-refractivity contribution in [3.8, 4) is 0 Å². The largest absolute Gasteiger partial charge is 0.450 e. The SMILES string of the molecule is CCOC(=O)Nc1cnc(Nc2ccc(C)cc2)nc1. The highest BCUT2D eigenvalue weighted by molar-refractivity contribution is 5.84. The molecule has 0 saturated heterocycles. The summed E-state index contributed by atoms with van der Waals surface area (Å²) < 4.78 is 4.76. The number of hydrogen-bond acceptors (Lipinski definition) is 5. The molecule has 0 aliphatic rings. The van der Waals surface area contributed by atoms with Gasteiger partial charge in [0.2, 0.25) is 5.95 Å². The maximum Gasteiger partial charge on any atom is 0.411 e. The molecular weight excluding hydrogens is 256 g/mol. The number of benzene rings is 1. The van der Waals surface area contributed by atoms with Crippen molar-refractivity contribution in [2.24, 2.45) is 0 Å². The molecule has 1 aromatic carbocycles. The fraction of sp³-hybridized carbons (Fsp3) is 0.214. The number of hydrogen-bond donors (Lipinski definition) is 2. The predicted octanol–water partition coefficient (Wildman–Crippen LogP) is 3.10. The third-order valence-corrected chi connectivity index (χ3v) is 2.48. The van der Waals surface area contributed by atoms with Crippen LogP contribution in [-0.4, -0.2) is 22.7 Å². The van der Waals surface area contributed by atoms with Crippen LogP contribution in [-0.2, 0) is 4.74 Å². The standard InChI is InChI=1S/C14H16N4O2/c1-3-20-14(19)18-12-8-15-13(16-9-12)17-11-6-4-10(2)5-7-11/h4-9H,3H2,1-2H3,(H,18,19)(H,15,16,17). The smallest absolute Gasteiger partial charge is 0.411 e. The van der Waals surface area contributed by atoms with Gasteiger partial charge in [-0.05, 0) is 26.0 Å². The molecule has 2 rings (SSSR count). The molecule has 1 amide bonds. The molecular formula is C14H16N4O2. The van der Waals surface area contributed by atoms with E-state index in [1.807, 2.05) is 31.2 Å². The van der Waals surface area contributed by atoms with E-state index >= 15 is 0 Å². The lowest BCUT2D eigenvalue weighted by molar-refractivity contribution is 0.168. The highest BCUT2D eigenvalue weighted by Gasteiger charge is 2.03. The first-order chi connectivity index (χ1) is 9.67. The number of ether oxygens (including phenoxy) is 1. The van der Waals surface area contributed by atoms with E-state index in [1.165, 1.54) is 18.0 Å². The van der Waals surface area contributed by atoms with Crippen LogP contribution in [0.2, 0.25) is 0 Å². The molecule has 1 heterocycles. The summed E-state index contributed by atoms with van der Waals surface area (Å²) in [5, 5.41) is 5.60. The number of amides is 1. The van der Waals surface area contributed by atoms with Gasteiger partial charge >= 0.3 is 6.09 Å². The van der Waals surface area contributed by atoms with Crippen molar-refractivity contribution in [3.05, 3.63) is 42.2 Å². The molecule has 20 heavy (non-hydrogen) atoms. The molecule has 0 unspecified atom stereocenters. The molecule has 0 atom stereocenters. The lowest BCUT2D eigenvalue weighted by Gasteiger charge is -2.07. The quantitative estimate of drug-likeness (QED) is 0.894. The molecule has 0 radical (unpaired) electrons. The lowest BCUT2D eigenvalue weighted by Crippen LogP contribution is -2.13. The first-order valence-electron chi connectivity index (χ1n) is 6.27. The van der Waals surface area contributed by atoms with E-state index in [4.69, 9.17) is 4.74 Å². The van der Waals surface area contributed by atoms with Gasteiger partial charge in [0.25, 0.3) is 0 Å². The van der Waals surface area contributed by atoms with Crippen molar-refractivity contribution in [1.29, 1.82) is 0 Å². The molecule has 1 aromatic heterocycles. The minimum atomic E-state index is -0.518. The van der Waals surface area contributed by atoms with Gasteiger partial charge in [-0.25, -0.2) is 14.8 Å². The van der Waals surface area contributed by atoms with Gasteiger partial charge < -0.3 is 10.1 Å². The average Bonchev–Trinajstić information content (AvgIpc) is 2.44. The van der Waals surface area contributed by atoms with E-state index in [0.717, 1.165) is 5.69 Å². The fourth-order valence-corrected chi connectivity index (χ4v) is 1.51. The Hall–Kier alpha value is -2.63. The molecule has 0 aliphatic carbocycles. The molecule has 0 aliphatic heterocycles. The minimum Gasteiger partial charge on any atom is -0.450 e. The second-order valence-corrected chi connectivity index (χ2v) is 4.13. The maximum atomic E-state index is 11.2. The summed E-state index contributed by atoms with van der Waals surface area (Å²) in [5.74, 6) is 0.461. The predicted molar refractivity (Wildman–Crippen MR) is 77.1 cm³/mol. The highest BCUT2D eigenvalue weighted by atomic mass is 16.5. The minimum absolute atomic E-state index is 0.319. The van der Waals surface area contributed by atoms with E-state index < -0.39 is 6.09 Å². The van der Waals surface area contributed by atoms with Gasteiger partial charge in [0.1, 0.15) is 0 Å². The van der Waals surface area contributed by atoms with Gasteiger partial charge in [-0.15, -0.1) is 0 Å². The third kappa shape index (κ3) is 3.94. The highest BCUT2D eigenvalue weighted by Crippen LogP contribution is 2.14. The Bertz CT molecular complexity index is 567. The molecule has 0 saturated carbocycles. The van der Waals surface area contributed by atoms with Crippen LogP contribution in [0.4, 0.5) is 22.1 Å². The maximum absolute atomic E-state index is 11.2. The number of aryl methyl sites for hydroxylation is 1. The van der Waals surface area contributed by atoms with Gasteiger partial charge in [0, 0.05) is 5.69 Å². The Morgan fingerprint density at radius 3 is 2.40 bits per heavy atom. The number of nitrogens with one attached hydrogen (secondary N) is 2. The number of anilines is 3. The molecule has 0 spiro atoms. The first kappa shape index (κ1) is 13.8. The summed E-state index contributed by atoms with van der Waals surface area (Å²) in [4.78, 5) is 19.4. The average molecular weight is 272 g/mol. The van der Waals surface area contributed by atoms with Crippen LogP contribution in [0.5, 0.6) is 0 Å². The monoisotopic (exact) mass is 272 g/mol. The second kappa shape index (κ2) is 6.51. The van der Waals surface area contributed by atoms with Crippen LogP contribution < -0.4 is 10.6 Å². The molecule has 2 aromatic rings. The molecule has 0 bridgehead atoms. The van der Waals surface area contributed by atoms with E-state index in [9.17, 15) is 4.79 Å². The zero-order valence-corrected chi connectivity index (χ0v) is 11.4. The number of aromatic nitrogens is 2. The summed E-state index contributed by atoms with van der Waals surface area (Å²) in [7, 11) is 0. The zero-order valence-electron chi connectivity index (χ0n) is 11.4. The third-order valence-electron chi connectivity index (χ3n) is 2.48. The van der Waals surface area contributed by atoms with Crippen LogP contribution >= 0.6 is 0 Å². The van der Waals surface area contributed by atoms with E-state index in [1.54, 1.807) is 6.92 Å². The number of carbonyl (C=O) groups is 1. The Balaban J connectivity index is 1.97. The Morgan fingerprint density at radius 1 is 1.15 bits per heavy atom. The summed E-state index contributed by atoms with van der Waals surface area (Å²) in [5.41, 5.74) is 2.57. The van der Waals surface area contributed by atoms with Crippen LogP contribution in [0, 0.1) is 6.92 Å². The summed E-state index contributed by atoms with van der Waals surface area (Å²) in [6.45, 7) is 4.08. The van der Waals surface area contributed by atoms with E-state index in [2.05, 4.69) is 20.6 Å². The van der Waals surface area contributed by atoms with Gasteiger partial charge in [-0.2, -0.15) is 0 Å². The van der Waals surface area contributed by atoms with Crippen molar-refractivity contribution >= 4 is 23.4 Å². The van der Waals surface area contributed by atoms with Crippen molar-refractivity contribution in [2.75, 3.05) is 17.2 Å². The zero-order chi connectivity index (χ0) is 14.4. The topological polar surface area (TPSA) is 76.1 Å². The summed E-state index contributed by atoms with van der Waals surface area (Å²) >= 11 is 0. The van der Waals surface area contributed by atoms with E-state index in [-0.39, 0.29) is 0 Å². The molecule has 2 N–H and O–H groups in total. The molecule has 104 valence electrons. The summed E-state index contributed by atoms with van der Waals surface area (Å²) in [6.07, 6.45) is 2.51. The van der Waals surface area contributed by atoms with Gasteiger partial charge in [-0.3, -0.25) is 5.32 Å². The normalized spacial score (nSPS) is 9.90. The van der Waals surface area contributed by atoms with Crippen LogP contribution in [0.15, 0.2) is 36.7 Å². The fourth-order valence-electron chi connectivity index (χ4n) is 1.51. The van der Waals surface area contributed by atoms with Gasteiger partial charge in [-0.1, -0.05) is 17.7 Å². The Kier molecular flexibility index (Phi) is 4.49. The molecule has 6 nitrogen and oxygen atoms in total. The Labute approximate surface area is 117 Å². The van der Waals surface area contributed by atoms with Gasteiger partial charge in [0.05, 0.1) is 24.7 Å². The summed E-state index contributed by atoms with van der Waals surface area (Å²) in [6, 6.07) is 7.89. The number of rotatable bonds is 4. The van der Waals surface area contributed by atoms with Crippen molar-refractivity contribution in [2.45, 2.75) is 13.8 Å². The van der Waals surface area contributed by atoms with Crippen molar-refractivity contribution in [1.82, 2.24) is 9.97 Å². The van der Waals surface area contributed by atoms with Crippen LogP contribution in [0.1, 0.15) is 12.5 Å². The van der Waals surface area contributed by atoms with Crippen LogP contribution in [0.25, 0.3) is 0 Å². The van der Waals surface area contributed by atoms with E-state index in [0.29, 0.717) is 18.2 Å². The van der Waals surface area contributed by atoms with Crippen molar-refractivity contribution < 1.29 is 9.53 Å². The number of nitrogens with zero attached hydrogens (tertiary/aromatic N) is 2. The second-order valence-electron chi connectivity index (χ2n) is 4.13. The molecule has 6 heteroatoms. The Morgan fingerprint density at radius 2 is 1.80 bits per heavy atom. The lowest BCUT2D eigenvalue weighted by atomic mass is 10.2. The van der Waals surface area contributed by atoms with Crippen molar-refractivity contribution in [3.63, 3.8) is 0 Å². The first-order valence-corrected chi connectivity index (χ1v) is 6.27. The number of carbonyl (C=O) groups excluding carboxylic acids is 1.